The lowest BCUT2D eigenvalue weighted by Gasteiger charge is -2.36. The first-order valence-corrected chi connectivity index (χ1v) is 8.12. The molecule has 2 heterocycles. The molecule has 1 amide bonds. The summed E-state index contributed by atoms with van der Waals surface area (Å²) in [5, 5.41) is 7.30. The molecule has 0 saturated carbocycles. The summed E-state index contributed by atoms with van der Waals surface area (Å²) in [6.07, 6.45) is 4.00. The molecule has 6 heteroatoms. The zero-order chi connectivity index (χ0) is 13.2. The lowest BCUT2D eigenvalue weighted by molar-refractivity contribution is -0.133. The molecular weight excluding hydrogens is 252 g/mol. The first-order chi connectivity index (χ1) is 8.47. The normalized spacial score (nSPS) is 29.1. The van der Waals surface area contributed by atoms with Gasteiger partial charge in [-0.1, -0.05) is 6.92 Å². The van der Waals surface area contributed by atoms with Crippen LogP contribution >= 0.6 is 0 Å². The second-order valence-corrected chi connectivity index (χ2v) is 7.05. The third kappa shape index (κ3) is 2.75. The van der Waals surface area contributed by atoms with Gasteiger partial charge >= 0.3 is 0 Å². The maximum atomic E-state index is 12.4. The van der Waals surface area contributed by atoms with Crippen LogP contribution in [0.1, 0.15) is 26.2 Å². The molecular formula is C12H20N2O3S. The van der Waals surface area contributed by atoms with Crippen LogP contribution in [0.5, 0.6) is 0 Å². The molecule has 2 aliphatic rings. The average Bonchev–Trinajstić information content (AvgIpc) is 2.69. The Hall–Kier alpha value is -0.880. The van der Waals surface area contributed by atoms with Gasteiger partial charge in [-0.25, -0.2) is 8.42 Å². The zero-order valence-electron chi connectivity index (χ0n) is 10.6. The average molecular weight is 272 g/mol. The summed E-state index contributed by atoms with van der Waals surface area (Å²) in [7, 11) is -3.11. The van der Waals surface area contributed by atoms with Crippen LogP contribution in [0, 0.1) is 5.41 Å². The van der Waals surface area contributed by atoms with Gasteiger partial charge in [0.05, 0.1) is 17.2 Å². The van der Waals surface area contributed by atoms with Gasteiger partial charge in [0.15, 0.2) is 9.84 Å². The number of hydrogen-bond donors (Lipinski definition) is 2. The number of carbonyl (C=O) groups excluding carboxylic acids is 1. The number of piperidine rings is 1. The van der Waals surface area contributed by atoms with Crippen LogP contribution in [0.15, 0.2) is 11.5 Å². The van der Waals surface area contributed by atoms with Crippen LogP contribution in [0.25, 0.3) is 0 Å². The van der Waals surface area contributed by atoms with E-state index in [-0.39, 0.29) is 23.1 Å². The topological polar surface area (TPSA) is 75.3 Å². The molecule has 1 fully saturated rings. The first kappa shape index (κ1) is 13.5. The van der Waals surface area contributed by atoms with E-state index in [0.717, 1.165) is 32.4 Å². The van der Waals surface area contributed by atoms with Crippen LogP contribution < -0.4 is 10.6 Å². The first-order valence-electron chi connectivity index (χ1n) is 6.40. The zero-order valence-corrected chi connectivity index (χ0v) is 11.4. The smallest absolute Gasteiger partial charge is 0.226 e. The van der Waals surface area contributed by atoms with E-state index < -0.39 is 9.84 Å². The number of rotatable bonds is 3. The Morgan fingerprint density at radius 1 is 1.44 bits per heavy atom. The molecule has 0 bridgehead atoms. The number of sulfone groups is 1. The maximum absolute atomic E-state index is 12.4. The lowest BCUT2D eigenvalue weighted by Crippen LogP contribution is -2.50. The van der Waals surface area contributed by atoms with Crippen molar-refractivity contribution in [2.24, 2.45) is 5.41 Å². The van der Waals surface area contributed by atoms with Crippen LogP contribution in [-0.2, 0) is 14.6 Å². The van der Waals surface area contributed by atoms with E-state index in [2.05, 4.69) is 10.6 Å². The predicted molar refractivity (Wildman–Crippen MR) is 69.7 cm³/mol. The third-order valence-electron chi connectivity index (χ3n) is 3.97. The lowest BCUT2D eigenvalue weighted by atomic mass is 9.75. The largest absolute Gasteiger partial charge is 0.348 e. The Morgan fingerprint density at radius 2 is 2.11 bits per heavy atom. The van der Waals surface area contributed by atoms with E-state index in [1.54, 1.807) is 6.08 Å². The van der Waals surface area contributed by atoms with Crippen molar-refractivity contribution in [3.8, 4) is 0 Å². The molecule has 0 aromatic carbocycles. The Bertz CT molecular complexity index is 450. The summed E-state index contributed by atoms with van der Waals surface area (Å²) in [6.45, 7) is 3.71. The van der Waals surface area contributed by atoms with Crippen LogP contribution in [0.3, 0.4) is 0 Å². The van der Waals surface area contributed by atoms with Crippen LogP contribution in [0.2, 0.25) is 0 Å². The molecule has 0 aromatic rings. The van der Waals surface area contributed by atoms with Gasteiger partial charge in [-0.2, -0.15) is 0 Å². The number of amides is 1. The molecule has 5 nitrogen and oxygen atoms in total. The highest BCUT2D eigenvalue weighted by Crippen LogP contribution is 2.33. The number of nitrogens with one attached hydrogen (secondary N) is 2. The monoisotopic (exact) mass is 272 g/mol. The highest BCUT2D eigenvalue weighted by Gasteiger charge is 2.39. The van der Waals surface area contributed by atoms with Crippen molar-refractivity contribution in [1.29, 1.82) is 0 Å². The predicted octanol–water partition coefficient (Wildman–Crippen LogP) is 0.193. The molecule has 2 N–H and O–H groups in total. The van der Waals surface area contributed by atoms with Crippen molar-refractivity contribution in [3.63, 3.8) is 0 Å². The number of carbonyl (C=O) groups is 1. The molecule has 1 atom stereocenters. The van der Waals surface area contributed by atoms with Crippen molar-refractivity contribution in [3.05, 3.63) is 11.5 Å². The van der Waals surface area contributed by atoms with Gasteiger partial charge in [-0.05, 0) is 38.4 Å². The molecule has 1 unspecified atom stereocenters. The van der Waals surface area contributed by atoms with E-state index in [9.17, 15) is 13.2 Å². The number of hydrogen-bond acceptors (Lipinski definition) is 4. The summed E-state index contributed by atoms with van der Waals surface area (Å²) in [4.78, 5) is 12.4. The van der Waals surface area contributed by atoms with E-state index in [0.29, 0.717) is 0 Å². The van der Waals surface area contributed by atoms with Gasteiger partial charge in [0.2, 0.25) is 5.91 Å². The highest BCUT2D eigenvalue weighted by molar-refractivity contribution is 7.94. The highest BCUT2D eigenvalue weighted by atomic mass is 32.2. The van der Waals surface area contributed by atoms with Gasteiger partial charge in [-0.3, -0.25) is 4.79 Å². The second kappa shape index (κ2) is 5.01. The molecule has 2 aliphatic heterocycles. The van der Waals surface area contributed by atoms with Crippen LogP contribution in [0.4, 0.5) is 0 Å². The minimum atomic E-state index is -3.11. The Labute approximate surface area is 108 Å². The van der Waals surface area contributed by atoms with Gasteiger partial charge in [0.1, 0.15) is 0 Å². The van der Waals surface area contributed by atoms with Gasteiger partial charge in [0, 0.05) is 5.41 Å². The fraction of sp³-hybridized carbons (Fsp3) is 0.750. The summed E-state index contributed by atoms with van der Waals surface area (Å²) in [6, 6.07) is -0.360. The van der Waals surface area contributed by atoms with Crippen molar-refractivity contribution >= 4 is 15.7 Å². The Kier molecular flexibility index (Phi) is 3.77. The summed E-state index contributed by atoms with van der Waals surface area (Å²) in [5.74, 6) is -0.00481. The van der Waals surface area contributed by atoms with E-state index in [4.69, 9.17) is 0 Å². The summed E-state index contributed by atoms with van der Waals surface area (Å²) < 4.78 is 22.6. The molecule has 1 saturated heterocycles. The minimum Gasteiger partial charge on any atom is -0.348 e. The van der Waals surface area contributed by atoms with E-state index in [1.807, 2.05) is 6.92 Å². The molecule has 0 spiro atoms. The summed E-state index contributed by atoms with van der Waals surface area (Å²) in [5.41, 5.74) is -0.328. The van der Waals surface area contributed by atoms with Crippen LogP contribution in [-0.4, -0.2) is 39.2 Å². The summed E-state index contributed by atoms with van der Waals surface area (Å²) >= 11 is 0. The van der Waals surface area contributed by atoms with Gasteiger partial charge in [-0.15, -0.1) is 0 Å². The fourth-order valence-corrected chi connectivity index (χ4v) is 3.87. The molecule has 102 valence electrons. The molecule has 0 aromatic heterocycles. The van der Waals surface area contributed by atoms with Gasteiger partial charge < -0.3 is 10.6 Å². The third-order valence-corrected chi connectivity index (χ3v) is 5.36. The van der Waals surface area contributed by atoms with Crippen molar-refractivity contribution < 1.29 is 13.2 Å². The maximum Gasteiger partial charge on any atom is 0.226 e. The van der Waals surface area contributed by atoms with Crippen molar-refractivity contribution in [2.75, 3.05) is 18.8 Å². The molecule has 0 aliphatic carbocycles. The second-order valence-electron chi connectivity index (χ2n) is 5.12. The van der Waals surface area contributed by atoms with Crippen molar-refractivity contribution in [1.82, 2.24) is 10.6 Å². The van der Waals surface area contributed by atoms with Crippen molar-refractivity contribution in [2.45, 2.75) is 32.2 Å². The minimum absolute atomic E-state index is 0.00162. The van der Waals surface area contributed by atoms with E-state index in [1.165, 1.54) is 5.41 Å². The molecule has 18 heavy (non-hydrogen) atoms. The van der Waals surface area contributed by atoms with E-state index >= 15 is 0 Å². The fourth-order valence-electron chi connectivity index (χ4n) is 2.63. The molecule has 2 rings (SSSR count). The Balaban J connectivity index is 2.01. The Morgan fingerprint density at radius 3 is 2.61 bits per heavy atom. The molecule has 0 radical (unpaired) electrons. The quantitative estimate of drug-likeness (QED) is 0.769. The standard InChI is InChI=1S/C12H20N2O3S/c1-2-12(4-6-13-7-5-12)11(15)14-10-3-8-18(16,17)9-10/h3,8,10,13H,2,4-7,9H2,1H3,(H,14,15). The SMILES string of the molecule is CCC1(C(=O)NC2C=CS(=O)(=O)C2)CCNCC1. The van der Waals surface area contributed by atoms with Gasteiger partial charge in [0.25, 0.3) is 0 Å².